The molecule has 0 saturated carbocycles. The molecule has 0 saturated heterocycles. The third kappa shape index (κ3) is 4.14. The van der Waals surface area contributed by atoms with Crippen LogP contribution in [0, 0.1) is 13.8 Å². The molecule has 0 spiro atoms. The number of nitrogens with zero attached hydrogens (tertiary/aromatic N) is 1. The quantitative estimate of drug-likeness (QED) is 0.469. The molecule has 1 aromatic heterocycles. The van der Waals surface area contributed by atoms with E-state index in [9.17, 15) is 4.79 Å². The molecule has 3 rings (SSSR count). The highest BCUT2D eigenvalue weighted by atomic mass is 35.5. The molecule has 2 aromatic carbocycles. The SMILES string of the molecule is CC(=O)Nc1ccc(SCc2cc3ccc(C)c(C)c3nc2Cl)cc1. The van der Waals surface area contributed by atoms with E-state index in [1.54, 1.807) is 11.8 Å². The predicted molar refractivity (Wildman–Crippen MR) is 107 cm³/mol. The molecule has 0 radical (unpaired) electrons. The van der Waals surface area contributed by atoms with Gasteiger partial charge in [0.2, 0.25) is 5.91 Å². The number of carbonyl (C=O) groups is 1. The fourth-order valence-electron chi connectivity index (χ4n) is 2.60. The van der Waals surface area contributed by atoms with E-state index >= 15 is 0 Å². The minimum atomic E-state index is -0.0695. The van der Waals surface area contributed by atoms with Crippen LogP contribution < -0.4 is 5.32 Å². The molecule has 128 valence electrons. The van der Waals surface area contributed by atoms with Gasteiger partial charge in [-0.05, 0) is 55.3 Å². The lowest BCUT2D eigenvalue weighted by Crippen LogP contribution is -2.05. The first-order valence-corrected chi connectivity index (χ1v) is 9.36. The van der Waals surface area contributed by atoms with E-state index in [0.29, 0.717) is 5.15 Å². The molecule has 1 heterocycles. The van der Waals surface area contributed by atoms with Gasteiger partial charge >= 0.3 is 0 Å². The zero-order valence-electron chi connectivity index (χ0n) is 14.4. The normalized spacial score (nSPS) is 10.9. The van der Waals surface area contributed by atoms with Crippen LogP contribution in [0.15, 0.2) is 47.4 Å². The summed E-state index contributed by atoms with van der Waals surface area (Å²) in [6.07, 6.45) is 0. The van der Waals surface area contributed by atoms with E-state index in [-0.39, 0.29) is 5.91 Å². The molecular formula is C20H19ClN2OS. The second-order valence-corrected chi connectivity index (χ2v) is 7.42. The summed E-state index contributed by atoms with van der Waals surface area (Å²) in [5.41, 5.74) is 5.18. The molecular weight excluding hydrogens is 352 g/mol. The maximum Gasteiger partial charge on any atom is 0.221 e. The third-order valence-corrected chi connectivity index (χ3v) is 5.49. The van der Waals surface area contributed by atoms with Crippen LogP contribution in [0.25, 0.3) is 10.9 Å². The van der Waals surface area contributed by atoms with Gasteiger partial charge in [-0.1, -0.05) is 23.7 Å². The van der Waals surface area contributed by atoms with Crippen LogP contribution in [0.1, 0.15) is 23.6 Å². The number of hydrogen-bond acceptors (Lipinski definition) is 3. The van der Waals surface area contributed by atoms with Crippen LogP contribution in [0.4, 0.5) is 5.69 Å². The molecule has 0 unspecified atom stereocenters. The van der Waals surface area contributed by atoms with E-state index in [2.05, 4.69) is 42.3 Å². The van der Waals surface area contributed by atoms with Crippen molar-refractivity contribution in [3.63, 3.8) is 0 Å². The lowest BCUT2D eigenvalue weighted by molar-refractivity contribution is -0.114. The van der Waals surface area contributed by atoms with E-state index in [0.717, 1.165) is 32.8 Å². The van der Waals surface area contributed by atoms with Gasteiger partial charge in [-0.3, -0.25) is 4.79 Å². The van der Waals surface area contributed by atoms with Gasteiger partial charge in [0.25, 0.3) is 0 Å². The number of hydrogen-bond donors (Lipinski definition) is 1. The summed E-state index contributed by atoms with van der Waals surface area (Å²) in [4.78, 5) is 16.8. The number of anilines is 1. The molecule has 0 aliphatic carbocycles. The van der Waals surface area contributed by atoms with Crippen molar-refractivity contribution in [3.8, 4) is 0 Å². The number of rotatable bonds is 4. The molecule has 5 heteroatoms. The highest BCUT2D eigenvalue weighted by Gasteiger charge is 2.09. The van der Waals surface area contributed by atoms with Crippen molar-refractivity contribution in [2.45, 2.75) is 31.4 Å². The number of carbonyl (C=O) groups excluding carboxylic acids is 1. The van der Waals surface area contributed by atoms with Crippen molar-refractivity contribution < 1.29 is 4.79 Å². The Morgan fingerprint density at radius 3 is 2.56 bits per heavy atom. The van der Waals surface area contributed by atoms with Crippen molar-refractivity contribution in [2.75, 3.05) is 5.32 Å². The second kappa shape index (κ2) is 7.46. The average molecular weight is 371 g/mol. The smallest absolute Gasteiger partial charge is 0.221 e. The van der Waals surface area contributed by atoms with Crippen LogP contribution in [-0.2, 0) is 10.5 Å². The largest absolute Gasteiger partial charge is 0.326 e. The molecule has 0 fully saturated rings. The topological polar surface area (TPSA) is 42.0 Å². The van der Waals surface area contributed by atoms with Gasteiger partial charge < -0.3 is 5.32 Å². The Bertz CT molecular complexity index is 939. The molecule has 0 aliphatic heterocycles. The maximum absolute atomic E-state index is 11.1. The number of benzene rings is 2. The van der Waals surface area contributed by atoms with Crippen molar-refractivity contribution >= 4 is 45.9 Å². The molecule has 0 aliphatic rings. The maximum atomic E-state index is 11.1. The Labute approximate surface area is 156 Å². The van der Waals surface area contributed by atoms with Gasteiger partial charge in [0.1, 0.15) is 5.15 Å². The number of aromatic nitrogens is 1. The molecule has 1 amide bonds. The van der Waals surface area contributed by atoms with Crippen LogP contribution >= 0.6 is 23.4 Å². The first-order valence-electron chi connectivity index (χ1n) is 8.00. The van der Waals surface area contributed by atoms with E-state index in [1.807, 2.05) is 24.3 Å². The van der Waals surface area contributed by atoms with Crippen LogP contribution in [-0.4, -0.2) is 10.9 Å². The number of halogens is 1. The standard InChI is InChI=1S/C20H19ClN2OS/c1-12-4-5-15-10-16(20(21)23-19(15)13(12)2)11-25-18-8-6-17(7-9-18)22-14(3)24/h4-10H,11H2,1-3H3,(H,22,24). The van der Waals surface area contributed by atoms with Crippen molar-refractivity contribution in [3.05, 3.63) is 64.3 Å². The Hall–Kier alpha value is -2.04. The zero-order valence-corrected chi connectivity index (χ0v) is 16.0. The van der Waals surface area contributed by atoms with E-state index < -0.39 is 0 Å². The molecule has 3 aromatic rings. The lowest BCUT2D eigenvalue weighted by atomic mass is 10.0. The summed E-state index contributed by atoms with van der Waals surface area (Å²) in [5, 5.41) is 4.44. The Morgan fingerprint density at radius 1 is 1.16 bits per heavy atom. The van der Waals surface area contributed by atoms with Crippen LogP contribution in [0.5, 0.6) is 0 Å². The second-order valence-electron chi connectivity index (χ2n) is 6.01. The van der Waals surface area contributed by atoms with Gasteiger partial charge in [0.05, 0.1) is 5.52 Å². The van der Waals surface area contributed by atoms with Crippen LogP contribution in [0.2, 0.25) is 5.15 Å². The van der Waals surface area contributed by atoms with Gasteiger partial charge in [0, 0.05) is 34.2 Å². The number of fused-ring (bicyclic) bond motifs is 1. The lowest BCUT2D eigenvalue weighted by Gasteiger charge is -2.10. The fourth-order valence-corrected chi connectivity index (χ4v) is 3.76. The van der Waals surface area contributed by atoms with Crippen molar-refractivity contribution in [1.29, 1.82) is 0 Å². The summed E-state index contributed by atoms with van der Waals surface area (Å²) in [6.45, 7) is 5.66. The zero-order chi connectivity index (χ0) is 18.0. The summed E-state index contributed by atoms with van der Waals surface area (Å²) in [5.74, 6) is 0.675. The predicted octanol–water partition coefficient (Wildman–Crippen LogP) is 5.76. The number of thioether (sulfide) groups is 1. The Kier molecular flexibility index (Phi) is 5.30. The first-order chi connectivity index (χ1) is 11.9. The number of aryl methyl sites for hydroxylation is 2. The number of nitrogens with one attached hydrogen (secondary N) is 1. The van der Waals surface area contributed by atoms with E-state index in [1.165, 1.54) is 18.1 Å². The number of pyridine rings is 1. The summed E-state index contributed by atoms with van der Waals surface area (Å²) in [7, 11) is 0. The molecule has 25 heavy (non-hydrogen) atoms. The molecule has 1 N–H and O–H groups in total. The Morgan fingerprint density at radius 2 is 1.88 bits per heavy atom. The summed E-state index contributed by atoms with van der Waals surface area (Å²) < 4.78 is 0. The van der Waals surface area contributed by atoms with Crippen molar-refractivity contribution in [1.82, 2.24) is 4.98 Å². The highest BCUT2D eigenvalue weighted by Crippen LogP contribution is 2.30. The van der Waals surface area contributed by atoms with Gasteiger partial charge in [-0.25, -0.2) is 4.98 Å². The third-order valence-electron chi connectivity index (χ3n) is 4.11. The van der Waals surface area contributed by atoms with Gasteiger partial charge in [0.15, 0.2) is 0 Å². The summed E-state index contributed by atoms with van der Waals surface area (Å²) in [6, 6.07) is 14.1. The summed E-state index contributed by atoms with van der Waals surface area (Å²) >= 11 is 8.10. The van der Waals surface area contributed by atoms with Gasteiger partial charge in [-0.15, -0.1) is 11.8 Å². The molecule has 0 atom stereocenters. The highest BCUT2D eigenvalue weighted by molar-refractivity contribution is 7.98. The monoisotopic (exact) mass is 370 g/mol. The molecule has 3 nitrogen and oxygen atoms in total. The van der Waals surface area contributed by atoms with Crippen LogP contribution in [0.3, 0.4) is 0 Å². The van der Waals surface area contributed by atoms with Crippen molar-refractivity contribution in [2.24, 2.45) is 0 Å². The first kappa shape index (κ1) is 17.8. The minimum absolute atomic E-state index is 0.0695. The number of amides is 1. The van der Waals surface area contributed by atoms with E-state index in [4.69, 9.17) is 11.6 Å². The minimum Gasteiger partial charge on any atom is -0.326 e. The fraction of sp³-hybridized carbons (Fsp3) is 0.200. The molecule has 0 bridgehead atoms. The Balaban J connectivity index is 1.78. The van der Waals surface area contributed by atoms with Gasteiger partial charge in [-0.2, -0.15) is 0 Å². The average Bonchev–Trinajstić information content (AvgIpc) is 2.58.